The van der Waals surface area contributed by atoms with Crippen LogP contribution >= 0.6 is 0 Å². The number of hydrogen-bond acceptors (Lipinski definition) is 2. The van der Waals surface area contributed by atoms with Gasteiger partial charge in [0, 0.05) is 26.2 Å². The van der Waals surface area contributed by atoms with Crippen molar-refractivity contribution in [2.45, 2.75) is 86.2 Å². The molecular formula is C36H52N2. The first kappa shape index (κ1) is 30.1. The molecule has 2 nitrogen and oxygen atoms in total. The molecule has 0 bridgehead atoms. The van der Waals surface area contributed by atoms with Crippen molar-refractivity contribution in [3.05, 3.63) is 106 Å². The fourth-order valence-corrected chi connectivity index (χ4v) is 5.69. The summed E-state index contributed by atoms with van der Waals surface area (Å²) in [4.78, 5) is 5.18. The molecule has 0 aliphatic carbocycles. The van der Waals surface area contributed by atoms with Crippen molar-refractivity contribution < 1.29 is 0 Å². The van der Waals surface area contributed by atoms with Gasteiger partial charge in [0.25, 0.3) is 0 Å². The van der Waals surface area contributed by atoms with Crippen molar-refractivity contribution in [1.29, 1.82) is 0 Å². The number of piperidine rings is 1. The topological polar surface area (TPSA) is 6.48 Å². The molecule has 2 heteroatoms. The first-order chi connectivity index (χ1) is 18.6. The van der Waals surface area contributed by atoms with E-state index in [0.717, 1.165) is 19.0 Å². The third-order valence-electron chi connectivity index (χ3n) is 7.94. The maximum absolute atomic E-state index is 2.61. The zero-order chi connectivity index (χ0) is 27.2. The fourth-order valence-electron chi connectivity index (χ4n) is 5.69. The van der Waals surface area contributed by atoms with Gasteiger partial charge in [0.2, 0.25) is 0 Å². The van der Waals surface area contributed by atoms with Gasteiger partial charge in [-0.2, -0.15) is 0 Å². The van der Waals surface area contributed by atoms with Crippen LogP contribution in [0, 0.1) is 19.8 Å². The van der Waals surface area contributed by atoms with Crippen LogP contribution in [0.5, 0.6) is 0 Å². The molecule has 0 aromatic heterocycles. The molecule has 1 saturated heterocycles. The molecular weight excluding hydrogens is 460 g/mol. The summed E-state index contributed by atoms with van der Waals surface area (Å²) in [7, 11) is 0. The molecule has 0 N–H and O–H groups in total. The van der Waals surface area contributed by atoms with E-state index in [9.17, 15) is 0 Å². The molecule has 5 rings (SSSR count). The van der Waals surface area contributed by atoms with E-state index < -0.39 is 0 Å². The van der Waals surface area contributed by atoms with Crippen LogP contribution in [-0.2, 0) is 25.9 Å². The molecule has 0 unspecified atom stereocenters. The van der Waals surface area contributed by atoms with Crippen LogP contribution in [0.1, 0.15) is 79.8 Å². The summed E-state index contributed by atoms with van der Waals surface area (Å²) in [5, 5.41) is 0. The van der Waals surface area contributed by atoms with Gasteiger partial charge in [0.05, 0.1) is 0 Å². The summed E-state index contributed by atoms with van der Waals surface area (Å²) in [5.74, 6) is 0.995. The molecule has 3 aromatic rings. The van der Waals surface area contributed by atoms with E-state index in [4.69, 9.17) is 0 Å². The van der Waals surface area contributed by atoms with Crippen LogP contribution in [0.4, 0.5) is 0 Å². The van der Waals surface area contributed by atoms with Crippen LogP contribution in [0.25, 0.3) is 0 Å². The van der Waals surface area contributed by atoms with Crippen molar-refractivity contribution in [3.8, 4) is 0 Å². The first-order valence-corrected chi connectivity index (χ1v) is 15.2. The second-order valence-electron chi connectivity index (χ2n) is 11.0. The van der Waals surface area contributed by atoms with Gasteiger partial charge in [-0.1, -0.05) is 118 Å². The molecule has 2 heterocycles. The molecule has 0 atom stereocenters. The highest BCUT2D eigenvalue weighted by molar-refractivity contribution is 5.33. The summed E-state index contributed by atoms with van der Waals surface area (Å²) in [6, 6.07) is 26.7. The third kappa shape index (κ3) is 10.0. The zero-order valence-corrected chi connectivity index (χ0v) is 24.9. The molecule has 2 aliphatic rings. The lowest BCUT2D eigenvalue weighted by Gasteiger charge is -2.31. The maximum atomic E-state index is 2.61. The first-order valence-electron chi connectivity index (χ1n) is 15.2. The van der Waals surface area contributed by atoms with Crippen LogP contribution in [0.2, 0.25) is 0 Å². The second kappa shape index (κ2) is 16.5. The van der Waals surface area contributed by atoms with Crippen molar-refractivity contribution in [3.63, 3.8) is 0 Å². The molecule has 0 saturated carbocycles. The standard InChI is InChI=1S/C18H21N.C16H25N.C2H6/c1-15-7-8-17-9-11-19(12-10-18(17)13-15)14-16-5-3-2-4-6-16;1-3-4-15-9-11-17(12-10-15)13-16-7-5-14(2)6-8-16;1-2/h2-8,13H,9-12,14H2,1H3;5-8,15H,3-4,9-13H2,1-2H3;1-2H3. The van der Waals surface area contributed by atoms with E-state index in [-0.39, 0.29) is 0 Å². The van der Waals surface area contributed by atoms with E-state index in [1.807, 2.05) is 13.8 Å². The van der Waals surface area contributed by atoms with Gasteiger partial charge >= 0.3 is 0 Å². The Morgan fingerprint density at radius 1 is 0.632 bits per heavy atom. The predicted molar refractivity (Wildman–Crippen MR) is 166 cm³/mol. The minimum absolute atomic E-state index is 0.995. The second-order valence-corrected chi connectivity index (χ2v) is 11.0. The lowest BCUT2D eigenvalue weighted by atomic mass is 9.92. The number of likely N-dealkylation sites (tertiary alicyclic amines) is 1. The van der Waals surface area contributed by atoms with Crippen LogP contribution < -0.4 is 0 Å². The van der Waals surface area contributed by atoms with E-state index in [1.165, 1.54) is 87.0 Å². The van der Waals surface area contributed by atoms with Crippen LogP contribution in [0.3, 0.4) is 0 Å². The Morgan fingerprint density at radius 3 is 1.82 bits per heavy atom. The molecule has 0 amide bonds. The molecule has 206 valence electrons. The van der Waals surface area contributed by atoms with Crippen LogP contribution in [0.15, 0.2) is 72.8 Å². The van der Waals surface area contributed by atoms with Gasteiger partial charge in [0.1, 0.15) is 0 Å². The zero-order valence-electron chi connectivity index (χ0n) is 24.9. The van der Waals surface area contributed by atoms with E-state index in [2.05, 4.69) is 103 Å². The number of hydrogen-bond donors (Lipinski definition) is 0. The Morgan fingerprint density at radius 2 is 1.18 bits per heavy atom. The highest BCUT2D eigenvalue weighted by Gasteiger charge is 2.18. The summed E-state index contributed by atoms with van der Waals surface area (Å²) >= 11 is 0. The Labute approximate surface area is 234 Å². The van der Waals surface area contributed by atoms with Gasteiger partial charge < -0.3 is 0 Å². The minimum Gasteiger partial charge on any atom is -0.299 e. The number of benzene rings is 3. The largest absolute Gasteiger partial charge is 0.299 e. The number of aryl methyl sites for hydroxylation is 2. The lowest BCUT2D eigenvalue weighted by Crippen LogP contribution is -2.33. The molecule has 3 aromatic carbocycles. The van der Waals surface area contributed by atoms with Gasteiger partial charge in [0.15, 0.2) is 0 Å². The third-order valence-corrected chi connectivity index (χ3v) is 7.94. The van der Waals surface area contributed by atoms with Gasteiger partial charge in [-0.15, -0.1) is 0 Å². The van der Waals surface area contributed by atoms with Crippen molar-refractivity contribution in [2.75, 3.05) is 26.2 Å². The number of nitrogens with zero attached hydrogens (tertiary/aromatic N) is 2. The minimum atomic E-state index is 0.995. The quantitative estimate of drug-likeness (QED) is 0.326. The van der Waals surface area contributed by atoms with Crippen molar-refractivity contribution in [2.24, 2.45) is 5.92 Å². The summed E-state index contributed by atoms with van der Waals surface area (Å²) in [6.45, 7) is 17.8. The average Bonchev–Trinajstić information content (AvgIpc) is 3.15. The van der Waals surface area contributed by atoms with Crippen molar-refractivity contribution >= 4 is 0 Å². The monoisotopic (exact) mass is 512 g/mol. The smallest absolute Gasteiger partial charge is 0.0233 e. The molecule has 2 aliphatic heterocycles. The fraction of sp³-hybridized carbons (Fsp3) is 0.500. The number of fused-ring (bicyclic) bond motifs is 1. The van der Waals surface area contributed by atoms with E-state index in [0.29, 0.717) is 0 Å². The van der Waals surface area contributed by atoms with E-state index in [1.54, 1.807) is 11.1 Å². The van der Waals surface area contributed by atoms with Crippen LogP contribution in [-0.4, -0.2) is 36.0 Å². The molecule has 38 heavy (non-hydrogen) atoms. The summed E-state index contributed by atoms with van der Waals surface area (Å²) < 4.78 is 0. The number of rotatable bonds is 6. The predicted octanol–water partition coefficient (Wildman–Crippen LogP) is 8.63. The molecule has 1 fully saturated rings. The maximum Gasteiger partial charge on any atom is 0.0233 e. The highest BCUT2D eigenvalue weighted by atomic mass is 15.1. The van der Waals surface area contributed by atoms with E-state index >= 15 is 0 Å². The lowest BCUT2D eigenvalue weighted by molar-refractivity contribution is 0.172. The SMILES string of the molecule is CC.CCCC1CCN(Cc2ccc(C)cc2)CC1.Cc1ccc2c(c1)CCN(Cc1ccccc1)CC2. The van der Waals surface area contributed by atoms with Gasteiger partial charge in [-0.3, -0.25) is 9.80 Å². The Kier molecular flexibility index (Phi) is 13.1. The highest BCUT2D eigenvalue weighted by Crippen LogP contribution is 2.23. The average molecular weight is 513 g/mol. The molecule has 0 spiro atoms. The Bertz CT molecular complexity index is 1030. The normalized spacial score (nSPS) is 16.3. The van der Waals surface area contributed by atoms with Gasteiger partial charge in [-0.25, -0.2) is 0 Å². The Balaban J connectivity index is 0.000000199. The Hall–Kier alpha value is -2.42. The summed E-state index contributed by atoms with van der Waals surface area (Å²) in [5.41, 5.74) is 8.72. The molecule has 0 radical (unpaired) electrons. The summed E-state index contributed by atoms with van der Waals surface area (Å²) in [6.07, 6.45) is 7.95. The van der Waals surface area contributed by atoms with Crippen molar-refractivity contribution in [1.82, 2.24) is 9.80 Å². The van der Waals surface area contributed by atoms with Gasteiger partial charge in [-0.05, 0) is 80.8 Å².